The van der Waals surface area contributed by atoms with Gasteiger partial charge in [-0.15, -0.1) is 0 Å². The second-order valence-corrected chi connectivity index (χ2v) is 8.62. The van der Waals surface area contributed by atoms with Crippen molar-refractivity contribution in [3.05, 3.63) is 107 Å². The summed E-state index contributed by atoms with van der Waals surface area (Å²) < 4.78 is 5.93. The lowest BCUT2D eigenvalue weighted by molar-refractivity contribution is 0.0126. The number of benzene rings is 3. The molecule has 160 valence electrons. The predicted octanol–water partition coefficient (Wildman–Crippen LogP) is 5.84. The summed E-state index contributed by atoms with van der Waals surface area (Å²) in [6.45, 7) is 2.08. The number of hydrogen-bond acceptors (Lipinski definition) is 3. The van der Waals surface area contributed by atoms with Crippen LogP contribution in [0.5, 0.6) is 0 Å². The number of H-pyrrole nitrogens is 1. The van der Waals surface area contributed by atoms with Crippen LogP contribution in [0.1, 0.15) is 40.8 Å². The molecule has 1 saturated heterocycles. The molecule has 4 aromatic rings. The van der Waals surface area contributed by atoms with E-state index in [0.717, 1.165) is 36.0 Å². The van der Waals surface area contributed by atoms with E-state index in [4.69, 9.17) is 4.74 Å². The third-order valence-electron chi connectivity index (χ3n) is 6.60. The van der Waals surface area contributed by atoms with E-state index in [1.165, 1.54) is 11.1 Å². The van der Waals surface area contributed by atoms with Gasteiger partial charge in [-0.05, 0) is 41.7 Å². The minimum atomic E-state index is 0.0109. The summed E-state index contributed by atoms with van der Waals surface area (Å²) in [5.74, 6) is 0.568. The molecule has 5 rings (SSSR count). The Bertz CT molecular complexity index is 1180. The lowest BCUT2D eigenvalue weighted by atomic mass is 9.86. The van der Waals surface area contributed by atoms with Crippen molar-refractivity contribution >= 4 is 10.9 Å². The zero-order valence-corrected chi connectivity index (χ0v) is 18.2. The standard InChI is InChI=1S/C28H27N3O/c1-32-27(25-17-30-26-13-12-20(16-29)14-24(25)26)15-21-18-31(19-21)28(22-8-4-2-5-9-22)23-10-6-3-7-11-23/h2-14,17,21,27-28,30H,15,18-19H2,1H3. The Balaban J connectivity index is 1.33. The largest absolute Gasteiger partial charge is 0.377 e. The normalized spacial score (nSPS) is 15.5. The molecule has 4 heteroatoms. The molecule has 1 atom stereocenters. The number of methoxy groups -OCH3 is 1. The van der Waals surface area contributed by atoms with Crippen LogP contribution >= 0.6 is 0 Å². The number of nitrogens with one attached hydrogen (secondary N) is 1. The molecule has 1 fully saturated rings. The van der Waals surface area contributed by atoms with Gasteiger partial charge in [0.25, 0.3) is 0 Å². The lowest BCUT2D eigenvalue weighted by Crippen LogP contribution is -2.49. The van der Waals surface area contributed by atoms with Crippen molar-refractivity contribution in [2.45, 2.75) is 18.6 Å². The molecule has 0 spiro atoms. The van der Waals surface area contributed by atoms with Gasteiger partial charge in [0.15, 0.2) is 0 Å². The van der Waals surface area contributed by atoms with Crippen LogP contribution in [-0.4, -0.2) is 30.1 Å². The highest BCUT2D eigenvalue weighted by atomic mass is 16.5. The van der Waals surface area contributed by atoms with Crippen molar-refractivity contribution in [3.8, 4) is 6.07 Å². The van der Waals surface area contributed by atoms with E-state index < -0.39 is 0 Å². The first-order chi connectivity index (χ1) is 15.8. The number of hydrogen-bond donors (Lipinski definition) is 1. The zero-order chi connectivity index (χ0) is 21.9. The molecule has 1 aliphatic rings. The smallest absolute Gasteiger partial charge is 0.0991 e. The van der Waals surface area contributed by atoms with Crippen molar-refractivity contribution in [1.82, 2.24) is 9.88 Å². The molecule has 3 aromatic carbocycles. The number of likely N-dealkylation sites (tertiary alicyclic amines) is 1. The average molecular weight is 422 g/mol. The molecule has 0 amide bonds. The highest BCUT2D eigenvalue weighted by Gasteiger charge is 2.35. The summed E-state index contributed by atoms with van der Waals surface area (Å²) in [7, 11) is 1.78. The number of rotatable bonds is 7. The fourth-order valence-electron chi connectivity index (χ4n) is 4.99. The minimum absolute atomic E-state index is 0.0109. The summed E-state index contributed by atoms with van der Waals surface area (Å²) in [5, 5.41) is 10.4. The van der Waals surface area contributed by atoms with E-state index in [1.807, 2.05) is 24.4 Å². The average Bonchev–Trinajstić information content (AvgIpc) is 3.24. The number of nitrogens with zero attached hydrogens (tertiary/aromatic N) is 2. The van der Waals surface area contributed by atoms with Crippen LogP contribution in [0.4, 0.5) is 0 Å². The molecule has 4 nitrogen and oxygen atoms in total. The second kappa shape index (κ2) is 9.00. The van der Waals surface area contributed by atoms with Crippen LogP contribution in [0.25, 0.3) is 10.9 Å². The first kappa shape index (κ1) is 20.5. The minimum Gasteiger partial charge on any atom is -0.377 e. The van der Waals surface area contributed by atoms with Crippen LogP contribution in [0, 0.1) is 17.2 Å². The molecule has 1 aliphatic heterocycles. The summed E-state index contributed by atoms with van der Waals surface area (Å²) >= 11 is 0. The number of aromatic amines is 1. The van der Waals surface area contributed by atoms with Crippen molar-refractivity contribution in [1.29, 1.82) is 5.26 Å². The Morgan fingerprint density at radius 2 is 1.66 bits per heavy atom. The number of nitriles is 1. The van der Waals surface area contributed by atoms with E-state index in [1.54, 1.807) is 7.11 Å². The van der Waals surface area contributed by atoms with Gasteiger partial charge in [-0.25, -0.2) is 0 Å². The van der Waals surface area contributed by atoms with Crippen molar-refractivity contribution in [3.63, 3.8) is 0 Å². The summed E-state index contributed by atoms with van der Waals surface area (Å²) in [5.41, 5.74) is 5.53. The monoisotopic (exact) mass is 421 g/mol. The molecule has 1 unspecified atom stereocenters. The predicted molar refractivity (Wildman–Crippen MR) is 127 cm³/mol. The third kappa shape index (κ3) is 3.93. The van der Waals surface area contributed by atoms with Crippen LogP contribution < -0.4 is 0 Å². The topological polar surface area (TPSA) is 52.0 Å². The van der Waals surface area contributed by atoms with E-state index >= 15 is 0 Å². The fraction of sp³-hybridized carbons (Fsp3) is 0.250. The zero-order valence-electron chi connectivity index (χ0n) is 18.2. The van der Waals surface area contributed by atoms with E-state index in [9.17, 15) is 5.26 Å². The quantitative estimate of drug-likeness (QED) is 0.408. The first-order valence-corrected chi connectivity index (χ1v) is 11.1. The van der Waals surface area contributed by atoms with Crippen molar-refractivity contribution < 1.29 is 4.74 Å². The Kier molecular flexibility index (Phi) is 5.77. The van der Waals surface area contributed by atoms with Gasteiger partial charge in [0, 0.05) is 42.9 Å². The Labute approximate surface area is 189 Å². The highest BCUT2D eigenvalue weighted by molar-refractivity contribution is 5.84. The number of fused-ring (bicyclic) bond motifs is 1. The highest BCUT2D eigenvalue weighted by Crippen LogP contribution is 2.39. The molecule has 0 bridgehead atoms. The molecule has 1 aromatic heterocycles. The van der Waals surface area contributed by atoms with Crippen molar-refractivity contribution in [2.24, 2.45) is 5.92 Å². The summed E-state index contributed by atoms with van der Waals surface area (Å²) in [6.07, 6.45) is 3.01. The van der Waals surface area contributed by atoms with Crippen LogP contribution in [0.15, 0.2) is 85.1 Å². The SMILES string of the molecule is COC(CC1CN(C(c2ccccc2)c2ccccc2)C1)c1c[nH]c2ccc(C#N)cc12. The molecule has 0 saturated carbocycles. The van der Waals surface area contributed by atoms with Gasteiger partial charge < -0.3 is 9.72 Å². The molecular weight excluding hydrogens is 394 g/mol. The van der Waals surface area contributed by atoms with Crippen LogP contribution in [0.2, 0.25) is 0 Å². The van der Waals surface area contributed by atoms with Crippen LogP contribution in [-0.2, 0) is 4.74 Å². The maximum Gasteiger partial charge on any atom is 0.0991 e. The van der Waals surface area contributed by atoms with E-state index in [2.05, 4.69) is 76.6 Å². The summed E-state index contributed by atoms with van der Waals surface area (Å²) in [4.78, 5) is 5.89. The maximum absolute atomic E-state index is 9.29. The molecule has 1 N–H and O–H groups in total. The Morgan fingerprint density at radius 1 is 1.00 bits per heavy atom. The second-order valence-electron chi connectivity index (χ2n) is 8.62. The number of ether oxygens (including phenoxy) is 1. The van der Waals surface area contributed by atoms with Gasteiger partial charge >= 0.3 is 0 Å². The molecule has 2 heterocycles. The Morgan fingerprint density at radius 3 is 2.25 bits per heavy atom. The number of aromatic nitrogens is 1. The van der Waals surface area contributed by atoms with Gasteiger partial charge in [-0.2, -0.15) is 5.26 Å². The summed E-state index contributed by atoms with van der Waals surface area (Å²) in [6, 6.07) is 29.8. The van der Waals surface area contributed by atoms with E-state index in [0.29, 0.717) is 11.5 Å². The maximum atomic E-state index is 9.29. The molecular formula is C28H27N3O. The fourth-order valence-corrected chi connectivity index (χ4v) is 4.99. The van der Waals surface area contributed by atoms with Gasteiger partial charge in [-0.3, -0.25) is 4.90 Å². The van der Waals surface area contributed by atoms with Gasteiger partial charge in [0.05, 0.1) is 23.8 Å². The van der Waals surface area contributed by atoms with Gasteiger partial charge in [0.1, 0.15) is 0 Å². The third-order valence-corrected chi connectivity index (χ3v) is 6.60. The van der Waals surface area contributed by atoms with Gasteiger partial charge in [-0.1, -0.05) is 60.7 Å². The molecule has 32 heavy (non-hydrogen) atoms. The van der Waals surface area contributed by atoms with Crippen molar-refractivity contribution in [2.75, 3.05) is 20.2 Å². The first-order valence-electron chi connectivity index (χ1n) is 11.1. The lowest BCUT2D eigenvalue weighted by Gasteiger charge is -2.45. The van der Waals surface area contributed by atoms with Gasteiger partial charge in [0.2, 0.25) is 0 Å². The Hall–Kier alpha value is -3.39. The van der Waals surface area contributed by atoms with Crippen LogP contribution in [0.3, 0.4) is 0 Å². The van der Waals surface area contributed by atoms with E-state index in [-0.39, 0.29) is 12.1 Å². The molecule has 0 aliphatic carbocycles. The molecule has 0 radical (unpaired) electrons.